The van der Waals surface area contributed by atoms with E-state index in [2.05, 4.69) is 6.58 Å². The van der Waals surface area contributed by atoms with E-state index in [1.807, 2.05) is 0 Å². The van der Waals surface area contributed by atoms with Crippen LogP contribution in [-0.2, 0) is 4.79 Å². The van der Waals surface area contributed by atoms with Crippen LogP contribution in [0.1, 0.15) is 6.42 Å². The van der Waals surface area contributed by atoms with Crippen LogP contribution in [0, 0.1) is 0 Å². The highest BCUT2D eigenvalue weighted by Gasteiger charge is 2.02. The van der Waals surface area contributed by atoms with Gasteiger partial charge in [-0.3, -0.25) is 0 Å². The van der Waals surface area contributed by atoms with Crippen molar-refractivity contribution in [2.75, 3.05) is 0 Å². The summed E-state index contributed by atoms with van der Waals surface area (Å²) in [5.41, 5.74) is 5.01. The van der Waals surface area contributed by atoms with Crippen LogP contribution in [0.2, 0.25) is 0 Å². The number of halogens is 1. The van der Waals surface area contributed by atoms with Crippen LogP contribution in [0.4, 0.5) is 0 Å². The van der Waals surface area contributed by atoms with E-state index in [1.165, 1.54) is 0 Å². The highest BCUT2D eigenvalue weighted by atomic mass is 35.5. The Hall–Kier alpha value is -0.540. The second kappa shape index (κ2) is 3.48. The Labute approximate surface area is 58.1 Å². The van der Waals surface area contributed by atoms with Crippen LogP contribution in [0.15, 0.2) is 11.6 Å². The number of carbonyl (C=O) groups excluding carboxylic acids is 1. The van der Waals surface area contributed by atoms with Gasteiger partial charge in [0, 0.05) is 17.5 Å². The van der Waals surface area contributed by atoms with E-state index in [4.69, 9.17) is 17.3 Å². The van der Waals surface area contributed by atoms with Crippen LogP contribution in [-0.4, -0.2) is 12.0 Å². The lowest BCUT2D eigenvalue weighted by Crippen LogP contribution is -2.41. The smallest absolute Gasteiger partial charge is 0.0585 e. The predicted molar refractivity (Wildman–Crippen MR) is 32.6 cm³/mol. The van der Waals surface area contributed by atoms with Crippen LogP contribution in [0.25, 0.3) is 0 Å². The molecule has 0 saturated heterocycles. The first kappa shape index (κ1) is 8.46. The molecular formula is C5H7ClNO2-. The fraction of sp³-hybridized carbons (Fsp3) is 0.400. The van der Waals surface area contributed by atoms with Gasteiger partial charge in [0.25, 0.3) is 0 Å². The van der Waals surface area contributed by atoms with Gasteiger partial charge < -0.3 is 15.6 Å². The van der Waals surface area contributed by atoms with Crippen molar-refractivity contribution in [3.8, 4) is 0 Å². The van der Waals surface area contributed by atoms with Gasteiger partial charge in [0.05, 0.1) is 5.97 Å². The minimum absolute atomic E-state index is 0.0594. The molecule has 4 heteroatoms. The first-order valence-electron chi connectivity index (χ1n) is 2.33. The maximum Gasteiger partial charge on any atom is 0.0585 e. The van der Waals surface area contributed by atoms with Gasteiger partial charge in [-0.1, -0.05) is 18.2 Å². The first-order chi connectivity index (χ1) is 4.04. The van der Waals surface area contributed by atoms with Crippen molar-refractivity contribution in [1.29, 1.82) is 0 Å². The second-order valence-electron chi connectivity index (χ2n) is 1.65. The summed E-state index contributed by atoms with van der Waals surface area (Å²) >= 11 is 5.25. The van der Waals surface area contributed by atoms with Gasteiger partial charge >= 0.3 is 0 Å². The normalized spacial score (nSPS) is 12.7. The number of carboxylic acid groups (broad SMARTS) is 1. The second-order valence-corrected chi connectivity index (χ2v) is 2.18. The molecule has 0 spiro atoms. The molecule has 52 valence electrons. The summed E-state index contributed by atoms with van der Waals surface area (Å²) in [6, 6.07) is -1.03. The summed E-state index contributed by atoms with van der Waals surface area (Å²) in [6.45, 7) is 3.27. The Morgan fingerprint density at radius 3 is 2.44 bits per heavy atom. The van der Waals surface area contributed by atoms with E-state index < -0.39 is 12.0 Å². The molecule has 0 heterocycles. The Kier molecular flexibility index (Phi) is 3.27. The number of hydrogen-bond acceptors (Lipinski definition) is 3. The van der Waals surface area contributed by atoms with E-state index in [0.717, 1.165) is 0 Å². The SMILES string of the molecule is C=C(Cl)CC(N)C(=O)[O-]. The van der Waals surface area contributed by atoms with Gasteiger partial charge in [0.2, 0.25) is 0 Å². The van der Waals surface area contributed by atoms with Crippen molar-refractivity contribution in [2.24, 2.45) is 5.73 Å². The molecule has 0 aromatic heterocycles. The maximum atomic E-state index is 9.90. The molecule has 3 nitrogen and oxygen atoms in total. The number of rotatable bonds is 3. The predicted octanol–water partition coefficient (Wildman–Crippen LogP) is -0.794. The lowest BCUT2D eigenvalue weighted by molar-refractivity contribution is -0.307. The molecule has 0 aliphatic heterocycles. The zero-order chi connectivity index (χ0) is 7.44. The van der Waals surface area contributed by atoms with Gasteiger partial charge in [0.1, 0.15) is 0 Å². The molecule has 0 aliphatic rings. The monoisotopic (exact) mass is 148 g/mol. The highest BCUT2D eigenvalue weighted by molar-refractivity contribution is 6.29. The summed E-state index contributed by atoms with van der Waals surface area (Å²) in [4.78, 5) is 9.90. The van der Waals surface area contributed by atoms with E-state index in [0.29, 0.717) is 0 Å². The Morgan fingerprint density at radius 2 is 2.33 bits per heavy atom. The number of carboxylic acids is 1. The summed E-state index contributed by atoms with van der Waals surface area (Å²) in [5.74, 6) is -1.31. The standard InChI is InChI=1S/C5H8ClNO2/c1-3(6)2-4(7)5(8)9/h4H,1-2,7H2,(H,8,9)/p-1. The van der Waals surface area contributed by atoms with Gasteiger partial charge in [-0.05, 0) is 0 Å². The average Bonchev–Trinajstić information content (AvgIpc) is 1.63. The molecule has 1 atom stereocenters. The molecule has 0 fully saturated rings. The fourth-order valence-electron chi connectivity index (χ4n) is 0.322. The van der Waals surface area contributed by atoms with E-state index in [1.54, 1.807) is 0 Å². The molecule has 0 aromatic carbocycles. The average molecular weight is 149 g/mol. The van der Waals surface area contributed by atoms with Crippen molar-refractivity contribution in [3.05, 3.63) is 11.6 Å². The van der Waals surface area contributed by atoms with Crippen LogP contribution < -0.4 is 10.8 Å². The van der Waals surface area contributed by atoms with Gasteiger partial charge in [-0.15, -0.1) is 0 Å². The number of aliphatic carboxylic acids is 1. The molecule has 1 unspecified atom stereocenters. The molecule has 0 bridgehead atoms. The third kappa shape index (κ3) is 4.00. The van der Waals surface area contributed by atoms with E-state index in [-0.39, 0.29) is 11.5 Å². The zero-order valence-electron chi connectivity index (χ0n) is 4.76. The van der Waals surface area contributed by atoms with Crippen molar-refractivity contribution in [2.45, 2.75) is 12.5 Å². The van der Waals surface area contributed by atoms with Crippen LogP contribution in [0.3, 0.4) is 0 Å². The van der Waals surface area contributed by atoms with Crippen molar-refractivity contribution in [3.63, 3.8) is 0 Å². The van der Waals surface area contributed by atoms with Gasteiger partial charge in [-0.25, -0.2) is 0 Å². The van der Waals surface area contributed by atoms with Gasteiger partial charge in [-0.2, -0.15) is 0 Å². The zero-order valence-corrected chi connectivity index (χ0v) is 5.52. The van der Waals surface area contributed by atoms with Crippen LogP contribution >= 0.6 is 11.6 Å². The number of hydrogen-bond donors (Lipinski definition) is 1. The van der Waals surface area contributed by atoms with Crippen molar-refractivity contribution < 1.29 is 9.90 Å². The molecule has 0 aromatic rings. The Bertz CT molecular complexity index is 135. The van der Waals surface area contributed by atoms with Crippen LogP contribution in [0.5, 0.6) is 0 Å². The third-order valence-electron chi connectivity index (χ3n) is 0.744. The summed E-state index contributed by atoms with van der Waals surface area (Å²) in [6.07, 6.45) is 0.0594. The number of carbonyl (C=O) groups is 1. The molecule has 0 radical (unpaired) electrons. The lowest BCUT2D eigenvalue weighted by Gasteiger charge is -2.09. The fourth-order valence-corrected chi connectivity index (χ4v) is 0.488. The largest absolute Gasteiger partial charge is 0.548 e. The molecule has 0 rings (SSSR count). The molecule has 2 N–H and O–H groups in total. The van der Waals surface area contributed by atoms with Gasteiger partial charge in [0.15, 0.2) is 0 Å². The molecule has 9 heavy (non-hydrogen) atoms. The summed E-state index contributed by atoms with van der Waals surface area (Å²) in [7, 11) is 0. The summed E-state index contributed by atoms with van der Waals surface area (Å²) in [5, 5.41) is 10.1. The highest BCUT2D eigenvalue weighted by Crippen LogP contribution is 2.04. The van der Waals surface area contributed by atoms with E-state index in [9.17, 15) is 9.90 Å². The lowest BCUT2D eigenvalue weighted by atomic mass is 10.2. The number of nitrogens with two attached hydrogens (primary N) is 1. The third-order valence-corrected chi connectivity index (χ3v) is 0.898. The van der Waals surface area contributed by atoms with E-state index >= 15 is 0 Å². The maximum absolute atomic E-state index is 9.90. The minimum Gasteiger partial charge on any atom is -0.548 e. The first-order valence-corrected chi connectivity index (χ1v) is 2.71. The van der Waals surface area contributed by atoms with Crippen molar-refractivity contribution in [1.82, 2.24) is 0 Å². The topological polar surface area (TPSA) is 66.2 Å². The van der Waals surface area contributed by atoms with Crippen molar-refractivity contribution >= 4 is 17.6 Å². The molecule has 0 aliphatic carbocycles. The minimum atomic E-state index is -1.31. The molecule has 0 saturated carbocycles. The molecule has 0 amide bonds. The molecular weight excluding hydrogens is 142 g/mol. The summed E-state index contributed by atoms with van der Waals surface area (Å²) < 4.78 is 0. The quantitative estimate of drug-likeness (QED) is 0.570. The Morgan fingerprint density at radius 1 is 1.89 bits per heavy atom. The Balaban J connectivity index is 3.63.